The van der Waals surface area contributed by atoms with Crippen LogP contribution in [0.3, 0.4) is 0 Å². The van der Waals surface area contributed by atoms with Gasteiger partial charge >= 0.3 is 6.18 Å². The van der Waals surface area contributed by atoms with Gasteiger partial charge in [-0.05, 0) is 48.5 Å². The summed E-state index contributed by atoms with van der Waals surface area (Å²) in [7, 11) is 0. The molecule has 6 rings (SSSR count). The lowest BCUT2D eigenvalue weighted by Gasteiger charge is -2.36. The van der Waals surface area contributed by atoms with Gasteiger partial charge in [-0.25, -0.2) is 4.98 Å². The average molecular weight is 518 g/mol. The van der Waals surface area contributed by atoms with Gasteiger partial charge in [0.05, 0.1) is 16.6 Å². The van der Waals surface area contributed by atoms with E-state index < -0.39 is 11.7 Å². The molecule has 1 aliphatic rings. The zero-order chi connectivity index (χ0) is 26.3. The molecule has 0 spiro atoms. The molecule has 192 valence electrons. The van der Waals surface area contributed by atoms with Crippen molar-refractivity contribution >= 4 is 39.8 Å². The summed E-state index contributed by atoms with van der Waals surface area (Å²) in [6, 6.07) is 20.1. The lowest BCUT2D eigenvalue weighted by molar-refractivity contribution is -0.137. The Labute approximate surface area is 215 Å². The van der Waals surface area contributed by atoms with Crippen LogP contribution in [0, 0.1) is 0 Å². The second kappa shape index (κ2) is 9.33. The molecule has 1 amide bonds. The molecule has 0 atom stereocenters. The minimum atomic E-state index is -4.39. The molecule has 3 aromatic carbocycles. The summed E-state index contributed by atoms with van der Waals surface area (Å²) in [5.41, 5.74) is 3.21. The third-order valence-corrected chi connectivity index (χ3v) is 6.61. The first-order valence-corrected chi connectivity index (χ1v) is 12.0. The Hall–Kier alpha value is -4.67. The number of carbonyl (C=O) groups excluding carboxylic acids is 1. The summed E-state index contributed by atoms with van der Waals surface area (Å²) in [6.07, 6.45) is -2.77. The van der Waals surface area contributed by atoms with Crippen LogP contribution in [0.5, 0.6) is 0 Å². The summed E-state index contributed by atoms with van der Waals surface area (Å²) in [4.78, 5) is 21.5. The van der Waals surface area contributed by atoms with Gasteiger partial charge in [-0.3, -0.25) is 9.20 Å². The number of nitrogens with one attached hydrogen (secondary N) is 1. The molecule has 8 nitrogen and oxygen atoms in total. The molecule has 38 heavy (non-hydrogen) atoms. The Balaban J connectivity index is 1.17. The molecule has 2 aromatic heterocycles. The van der Waals surface area contributed by atoms with Gasteiger partial charge in [0.25, 0.3) is 5.91 Å². The molecule has 3 heterocycles. The van der Waals surface area contributed by atoms with Gasteiger partial charge in [0.1, 0.15) is 6.33 Å². The van der Waals surface area contributed by atoms with Crippen LogP contribution in [-0.4, -0.2) is 56.6 Å². The maximum atomic E-state index is 13.3. The van der Waals surface area contributed by atoms with Crippen molar-refractivity contribution in [1.82, 2.24) is 24.5 Å². The Morgan fingerprint density at radius 1 is 0.895 bits per heavy atom. The fourth-order valence-electron chi connectivity index (χ4n) is 4.69. The Kier molecular flexibility index (Phi) is 5.82. The van der Waals surface area contributed by atoms with E-state index in [0.29, 0.717) is 54.6 Å². The van der Waals surface area contributed by atoms with Crippen LogP contribution in [0.25, 0.3) is 16.7 Å². The summed E-state index contributed by atoms with van der Waals surface area (Å²) in [6.45, 7) is 1.69. The van der Waals surface area contributed by atoms with E-state index >= 15 is 0 Å². The van der Waals surface area contributed by atoms with Crippen molar-refractivity contribution < 1.29 is 18.0 Å². The number of alkyl halides is 3. The molecule has 0 aliphatic carbocycles. The third kappa shape index (κ3) is 4.47. The summed E-state index contributed by atoms with van der Waals surface area (Å²) in [5.74, 6) is 0.372. The molecule has 0 saturated carbocycles. The van der Waals surface area contributed by atoms with Gasteiger partial charge in [-0.2, -0.15) is 13.2 Å². The van der Waals surface area contributed by atoms with Gasteiger partial charge in [0.15, 0.2) is 5.82 Å². The van der Waals surface area contributed by atoms with Crippen LogP contribution in [0.1, 0.15) is 15.9 Å². The van der Waals surface area contributed by atoms with Crippen LogP contribution in [0.2, 0.25) is 0 Å². The number of rotatable bonds is 4. The van der Waals surface area contributed by atoms with E-state index in [-0.39, 0.29) is 5.91 Å². The van der Waals surface area contributed by atoms with Gasteiger partial charge in [-0.15, -0.1) is 10.2 Å². The molecule has 5 aromatic rings. The zero-order valence-corrected chi connectivity index (χ0v) is 20.1. The predicted octanol–water partition coefficient (Wildman–Crippen LogP) is 5.00. The second-order valence-electron chi connectivity index (χ2n) is 9.01. The van der Waals surface area contributed by atoms with Gasteiger partial charge in [0.2, 0.25) is 5.65 Å². The molecule has 1 saturated heterocycles. The number of benzene rings is 3. The maximum absolute atomic E-state index is 13.3. The van der Waals surface area contributed by atoms with Crippen LogP contribution in [0.4, 0.5) is 30.4 Å². The Morgan fingerprint density at radius 2 is 1.68 bits per heavy atom. The van der Waals surface area contributed by atoms with Crippen LogP contribution in [-0.2, 0) is 6.18 Å². The number of carbonyl (C=O) groups is 1. The fourth-order valence-corrected chi connectivity index (χ4v) is 4.69. The number of anilines is 3. The highest BCUT2D eigenvalue weighted by atomic mass is 19.4. The SMILES string of the molecule is O=C(c1cccc(Nc2nc3ccccc3n3cnnc23)c1)N1CCN(c2cccc(C(F)(F)F)c2)CC1. The van der Waals surface area contributed by atoms with Crippen LogP contribution in [0.15, 0.2) is 79.1 Å². The van der Waals surface area contributed by atoms with Crippen molar-refractivity contribution in [2.45, 2.75) is 6.18 Å². The van der Waals surface area contributed by atoms with Crippen molar-refractivity contribution in [3.05, 3.63) is 90.3 Å². The number of hydrogen-bond acceptors (Lipinski definition) is 6. The number of halogens is 3. The Morgan fingerprint density at radius 3 is 2.50 bits per heavy atom. The number of hydrogen-bond donors (Lipinski definition) is 1. The van der Waals surface area contributed by atoms with Crippen molar-refractivity contribution in [3.8, 4) is 0 Å². The van der Waals surface area contributed by atoms with Crippen molar-refractivity contribution in [1.29, 1.82) is 0 Å². The van der Waals surface area contributed by atoms with E-state index in [0.717, 1.165) is 23.2 Å². The lowest BCUT2D eigenvalue weighted by Crippen LogP contribution is -2.48. The number of para-hydroxylation sites is 2. The van der Waals surface area contributed by atoms with E-state index in [1.54, 1.807) is 35.5 Å². The third-order valence-electron chi connectivity index (χ3n) is 6.61. The van der Waals surface area contributed by atoms with Gasteiger partial charge in [-0.1, -0.05) is 24.3 Å². The highest BCUT2D eigenvalue weighted by Gasteiger charge is 2.31. The molecular formula is C27H22F3N7O. The molecular weight excluding hydrogens is 495 g/mol. The Bertz CT molecular complexity index is 1640. The van der Waals surface area contributed by atoms with Gasteiger partial charge < -0.3 is 15.1 Å². The van der Waals surface area contributed by atoms with Crippen LogP contribution < -0.4 is 10.2 Å². The summed E-state index contributed by atoms with van der Waals surface area (Å²) >= 11 is 0. The summed E-state index contributed by atoms with van der Waals surface area (Å²) in [5, 5.41) is 11.5. The van der Waals surface area contributed by atoms with Crippen LogP contribution >= 0.6 is 0 Å². The van der Waals surface area contributed by atoms with E-state index in [4.69, 9.17) is 0 Å². The average Bonchev–Trinajstić information content (AvgIpc) is 3.44. The van der Waals surface area contributed by atoms with E-state index in [1.807, 2.05) is 39.6 Å². The van der Waals surface area contributed by atoms with E-state index in [1.165, 1.54) is 6.07 Å². The second-order valence-corrected chi connectivity index (χ2v) is 9.01. The monoisotopic (exact) mass is 517 g/mol. The largest absolute Gasteiger partial charge is 0.416 e. The first kappa shape index (κ1) is 23.7. The smallest absolute Gasteiger partial charge is 0.368 e. The van der Waals surface area contributed by atoms with E-state index in [2.05, 4.69) is 20.5 Å². The molecule has 0 bridgehead atoms. The predicted molar refractivity (Wildman–Crippen MR) is 138 cm³/mol. The normalized spacial score (nSPS) is 14.3. The molecule has 1 aliphatic heterocycles. The number of aromatic nitrogens is 4. The molecule has 1 N–H and O–H groups in total. The van der Waals surface area contributed by atoms with Crippen molar-refractivity contribution in [2.24, 2.45) is 0 Å². The first-order chi connectivity index (χ1) is 18.4. The first-order valence-electron chi connectivity index (χ1n) is 12.0. The number of amides is 1. The molecule has 0 unspecified atom stereocenters. The molecule has 11 heteroatoms. The highest BCUT2D eigenvalue weighted by Crippen LogP contribution is 2.32. The minimum absolute atomic E-state index is 0.142. The zero-order valence-electron chi connectivity index (χ0n) is 20.1. The van der Waals surface area contributed by atoms with Crippen molar-refractivity contribution in [2.75, 3.05) is 36.4 Å². The maximum Gasteiger partial charge on any atom is 0.416 e. The fraction of sp³-hybridized carbons (Fsp3) is 0.185. The van der Waals surface area contributed by atoms with E-state index in [9.17, 15) is 18.0 Å². The topological polar surface area (TPSA) is 78.7 Å². The standard InChI is InChI=1S/C27H22F3N7O/c28-27(29,30)19-6-4-8-21(16-19)35-11-13-36(14-12-35)26(38)18-5-3-7-20(15-18)32-24-25-34-31-17-37(25)23-10-2-1-9-22(23)33-24/h1-10,15-17H,11-14H2,(H,32,33). The molecule has 1 fully saturated rings. The van der Waals surface area contributed by atoms with Crippen molar-refractivity contribution in [3.63, 3.8) is 0 Å². The quantitative estimate of drug-likeness (QED) is 0.362. The number of fused-ring (bicyclic) bond motifs is 3. The number of piperazine rings is 1. The number of nitrogens with zero attached hydrogens (tertiary/aromatic N) is 6. The highest BCUT2D eigenvalue weighted by molar-refractivity contribution is 5.95. The minimum Gasteiger partial charge on any atom is -0.368 e. The van der Waals surface area contributed by atoms with Gasteiger partial charge in [0, 0.05) is 43.1 Å². The molecule has 0 radical (unpaired) electrons. The summed E-state index contributed by atoms with van der Waals surface area (Å²) < 4.78 is 41.2. The lowest BCUT2D eigenvalue weighted by atomic mass is 10.1.